The summed E-state index contributed by atoms with van der Waals surface area (Å²) in [6, 6.07) is 20.9. The molecule has 2 amide bonds. The molecule has 0 spiro atoms. The van der Waals surface area contributed by atoms with Crippen LogP contribution in [0.25, 0.3) is 5.69 Å². The van der Waals surface area contributed by atoms with Crippen LogP contribution in [0.1, 0.15) is 47.9 Å². The van der Waals surface area contributed by atoms with E-state index < -0.39 is 10.0 Å². The number of ether oxygens (including phenoxy) is 1. The van der Waals surface area contributed by atoms with Crippen LogP contribution >= 0.6 is 11.8 Å². The molecule has 1 fully saturated rings. The summed E-state index contributed by atoms with van der Waals surface area (Å²) in [6.45, 7) is 5.54. The van der Waals surface area contributed by atoms with E-state index in [1.165, 1.54) is 40.3 Å². The second-order valence-electron chi connectivity index (χ2n) is 10.5. The fraction of sp³-hybridized carbons (Fsp3) is 0.312. The van der Waals surface area contributed by atoms with Gasteiger partial charge in [0.15, 0.2) is 11.0 Å². The number of piperidine rings is 1. The van der Waals surface area contributed by atoms with Gasteiger partial charge in [0, 0.05) is 30.0 Å². The van der Waals surface area contributed by atoms with Crippen molar-refractivity contribution in [3.05, 3.63) is 89.7 Å². The Hall–Kier alpha value is -4.20. The Balaban J connectivity index is 1.25. The number of nitrogens with zero attached hydrogens (tertiary/aromatic N) is 4. The summed E-state index contributed by atoms with van der Waals surface area (Å²) in [5.41, 5.74) is 2.81. The number of aryl methyl sites for hydroxylation is 1. The van der Waals surface area contributed by atoms with Gasteiger partial charge in [-0.15, -0.1) is 10.2 Å². The van der Waals surface area contributed by atoms with Crippen LogP contribution in [-0.2, 0) is 21.4 Å². The smallest absolute Gasteiger partial charge is 0.251 e. The molecule has 2 heterocycles. The first-order valence-corrected chi connectivity index (χ1v) is 17.2. The number of sulfonamides is 1. The molecule has 11 nitrogen and oxygen atoms in total. The van der Waals surface area contributed by atoms with E-state index in [2.05, 4.69) is 20.8 Å². The number of thioether (sulfide) groups is 1. The maximum Gasteiger partial charge on any atom is 0.251 e. The number of hydrogen-bond acceptors (Lipinski definition) is 8. The molecule has 1 aromatic heterocycles. The van der Waals surface area contributed by atoms with Crippen molar-refractivity contribution in [3.8, 4) is 11.4 Å². The Morgan fingerprint density at radius 3 is 2.38 bits per heavy atom. The van der Waals surface area contributed by atoms with Crippen LogP contribution in [0, 0.1) is 6.92 Å². The minimum atomic E-state index is -3.59. The van der Waals surface area contributed by atoms with Gasteiger partial charge in [0.05, 0.1) is 23.8 Å². The third-order valence-corrected chi connectivity index (χ3v) is 10.1. The molecule has 0 unspecified atom stereocenters. The standard InChI is InChI=1S/C32H36N6O5S2/c1-3-43-27-14-12-25(13-15-27)34-30(39)22-44-32-36-35-29(38(32)26-9-7-8-23(2)20-26)21-33-31(40)24-10-16-28(17-11-24)45(41,42)37-18-5-4-6-19-37/h7-17,20H,3-6,18-19,21-22H2,1-2H3,(H,33,40)(H,34,39). The predicted octanol–water partition coefficient (Wildman–Crippen LogP) is 4.81. The number of nitrogens with one attached hydrogen (secondary N) is 2. The topological polar surface area (TPSA) is 136 Å². The predicted molar refractivity (Wildman–Crippen MR) is 173 cm³/mol. The molecule has 3 aromatic carbocycles. The summed E-state index contributed by atoms with van der Waals surface area (Å²) < 4.78 is 34.7. The molecule has 0 aliphatic carbocycles. The number of aromatic nitrogens is 3. The van der Waals surface area contributed by atoms with Crippen molar-refractivity contribution in [2.24, 2.45) is 0 Å². The van der Waals surface area contributed by atoms with Gasteiger partial charge >= 0.3 is 0 Å². The summed E-state index contributed by atoms with van der Waals surface area (Å²) in [5, 5.41) is 14.9. The number of rotatable bonds is 12. The van der Waals surface area contributed by atoms with E-state index in [4.69, 9.17) is 4.74 Å². The molecule has 0 saturated carbocycles. The maximum atomic E-state index is 13.0. The van der Waals surface area contributed by atoms with Crippen molar-refractivity contribution >= 4 is 39.3 Å². The molecule has 1 saturated heterocycles. The quantitative estimate of drug-likeness (QED) is 0.209. The van der Waals surface area contributed by atoms with Gasteiger partial charge in [-0.3, -0.25) is 14.2 Å². The Bertz CT molecular complexity index is 1730. The highest BCUT2D eigenvalue weighted by molar-refractivity contribution is 7.99. The van der Waals surface area contributed by atoms with Crippen molar-refractivity contribution in [2.45, 2.75) is 49.7 Å². The highest BCUT2D eigenvalue weighted by Gasteiger charge is 2.26. The zero-order valence-electron chi connectivity index (χ0n) is 25.2. The highest BCUT2D eigenvalue weighted by Crippen LogP contribution is 2.24. The second kappa shape index (κ2) is 14.7. The number of anilines is 1. The lowest BCUT2D eigenvalue weighted by molar-refractivity contribution is -0.113. The van der Waals surface area contributed by atoms with Gasteiger partial charge in [0.1, 0.15) is 5.75 Å². The van der Waals surface area contributed by atoms with Crippen molar-refractivity contribution in [1.29, 1.82) is 0 Å². The summed E-state index contributed by atoms with van der Waals surface area (Å²) in [4.78, 5) is 26.0. The van der Waals surface area contributed by atoms with Gasteiger partial charge in [-0.05, 0) is 92.9 Å². The minimum Gasteiger partial charge on any atom is -0.494 e. The molecule has 0 bridgehead atoms. The fourth-order valence-corrected chi connectivity index (χ4v) is 7.24. The van der Waals surface area contributed by atoms with Crippen molar-refractivity contribution in [2.75, 3.05) is 30.8 Å². The second-order valence-corrected chi connectivity index (χ2v) is 13.4. The molecule has 0 radical (unpaired) electrons. The van der Waals surface area contributed by atoms with Crippen molar-refractivity contribution in [3.63, 3.8) is 0 Å². The average molecular weight is 649 g/mol. The van der Waals surface area contributed by atoms with E-state index in [9.17, 15) is 18.0 Å². The van der Waals surface area contributed by atoms with Gasteiger partial charge in [-0.25, -0.2) is 8.42 Å². The molecule has 1 aliphatic heterocycles. The fourth-order valence-electron chi connectivity index (χ4n) is 4.96. The van der Waals surface area contributed by atoms with Crippen LogP contribution in [0.4, 0.5) is 5.69 Å². The van der Waals surface area contributed by atoms with Crippen LogP contribution in [-0.4, -0.2) is 64.8 Å². The molecular formula is C32H36N6O5S2. The Morgan fingerprint density at radius 2 is 1.69 bits per heavy atom. The number of hydrogen-bond donors (Lipinski definition) is 2. The molecule has 1 aliphatic rings. The summed E-state index contributed by atoms with van der Waals surface area (Å²) >= 11 is 1.23. The van der Waals surface area contributed by atoms with E-state index in [-0.39, 0.29) is 29.0 Å². The van der Waals surface area contributed by atoms with Crippen molar-refractivity contribution < 1.29 is 22.7 Å². The molecule has 5 rings (SSSR count). The SMILES string of the molecule is CCOc1ccc(NC(=O)CSc2nnc(CNC(=O)c3ccc(S(=O)(=O)N4CCCCC4)cc3)n2-c2cccc(C)c2)cc1. The monoisotopic (exact) mass is 648 g/mol. The zero-order valence-corrected chi connectivity index (χ0v) is 26.9. The maximum absolute atomic E-state index is 13.0. The molecule has 45 heavy (non-hydrogen) atoms. The highest BCUT2D eigenvalue weighted by atomic mass is 32.2. The van der Waals surface area contributed by atoms with Crippen LogP contribution < -0.4 is 15.4 Å². The van der Waals surface area contributed by atoms with Crippen LogP contribution in [0.15, 0.2) is 82.8 Å². The van der Waals surface area contributed by atoms with Gasteiger partial charge in [0.25, 0.3) is 5.91 Å². The van der Waals surface area contributed by atoms with Gasteiger partial charge in [-0.1, -0.05) is 30.3 Å². The molecule has 2 N–H and O–H groups in total. The van der Waals surface area contributed by atoms with E-state index in [1.807, 2.05) is 42.7 Å². The summed E-state index contributed by atoms with van der Waals surface area (Å²) in [6.07, 6.45) is 2.73. The lowest BCUT2D eigenvalue weighted by Crippen LogP contribution is -2.35. The van der Waals surface area contributed by atoms with Gasteiger partial charge < -0.3 is 15.4 Å². The van der Waals surface area contributed by atoms with E-state index >= 15 is 0 Å². The van der Waals surface area contributed by atoms with E-state index in [1.54, 1.807) is 24.3 Å². The lowest BCUT2D eigenvalue weighted by atomic mass is 10.2. The molecular weight excluding hydrogens is 613 g/mol. The zero-order chi connectivity index (χ0) is 31.8. The number of carbonyl (C=O) groups excluding carboxylic acids is 2. The first-order chi connectivity index (χ1) is 21.7. The average Bonchev–Trinajstić information content (AvgIpc) is 3.47. The molecule has 13 heteroatoms. The van der Waals surface area contributed by atoms with Crippen LogP contribution in [0.5, 0.6) is 5.75 Å². The number of amides is 2. The van der Waals surface area contributed by atoms with Gasteiger partial charge in [-0.2, -0.15) is 4.31 Å². The van der Waals surface area contributed by atoms with E-state index in [0.29, 0.717) is 41.9 Å². The van der Waals surface area contributed by atoms with Crippen LogP contribution in [0.3, 0.4) is 0 Å². The van der Waals surface area contributed by atoms with Crippen LogP contribution in [0.2, 0.25) is 0 Å². The third-order valence-electron chi connectivity index (χ3n) is 7.22. The Kier molecular flexibility index (Phi) is 10.5. The molecule has 0 atom stereocenters. The number of benzene rings is 3. The first kappa shape index (κ1) is 32.2. The number of carbonyl (C=O) groups is 2. The largest absolute Gasteiger partial charge is 0.494 e. The van der Waals surface area contributed by atoms with E-state index in [0.717, 1.165) is 36.3 Å². The van der Waals surface area contributed by atoms with Crippen molar-refractivity contribution in [1.82, 2.24) is 24.4 Å². The summed E-state index contributed by atoms with van der Waals surface area (Å²) in [5.74, 6) is 0.723. The van der Waals surface area contributed by atoms with Gasteiger partial charge in [0.2, 0.25) is 15.9 Å². The molecule has 236 valence electrons. The normalized spacial score (nSPS) is 13.7. The molecule has 4 aromatic rings. The third kappa shape index (κ3) is 8.10. The summed E-state index contributed by atoms with van der Waals surface area (Å²) in [7, 11) is -3.59. The first-order valence-electron chi connectivity index (χ1n) is 14.8. The minimum absolute atomic E-state index is 0.0620. The Morgan fingerprint density at radius 1 is 0.956 bits per heavy atom. The Labute approximate surface area is 267 Å². The lowest BCUT2D eigenvalue weighted by Gasteiger charge is -2.25.